The Balaban J connectivity index is 2.01. The fraction of sp³-hybridized carbons (Fsp3) is 0.250. The summed E-state index contributed by atoms with van der Waals surface area (Å²) < 4.78 is 28.0. The Morgan fingerprint density at radius 3 is 2.40 bits per heavy atom. The summed E-state index contributed by atoms with van der Waals surface area (Å²) in [5.74, 6) is -0.171. The molecule has 0 aromatic heterocycles. The monoisotopic (exact) mass is 355 g/mol. The molecule has 1 N–H and O–H groups in total. The van der Waals surface area contributed by atoms with Crippen molar-refractivity contribution in [3.8, 4) is 11.1 Å². The van der Waals surface area contributed by atoms with Crippen LogP contribution in [-0.4, -0.2) is 14.2 Å². The first-order chi connectivity index (χ1) is 12.0. The maximum absolute atomic E-state index is 12.7. The third kappa shape index (κ3) is 3.99. The number of rotatable bonds is 5. The van der Waals surface area contributed by atoms with Crippen LogP contribution >= 0.6 is 0 Å². The van der Waals surface area contributed by atoms with E-state index >= 15 is 0 Å². The van der Waals surface area contributed by atoms with Crippen molar-refractivity contribution in [2.75, 3.05) is 4.72 Å². The van der Waals surface area contributed by atoms with E-state index in [0.29, 0.717) is 22.6 Å². The molecule has 3 rings (SSSR count). The second-order valence-corrected chi connectivity index (χ2v) is 7.94. The van der Waals surface area contributed by atoms with Gasteiger partial charge >= 0.3 is 0 Å². The summed E-state index contributed by atoms with van der Waals surface area (Å²) in [5, 5.41) is 0. The van der Waals surface area contributed by atoms with Crippen molar-refractivity contribution < 1.29 is 13.2 Å². The molecule has 0 unspecified atom stereocenters. The highest BCUT2D eigenvalue weighted by molar-refractivity contribution is 7.96. The van der Waals surface area contributed by atoms with Gasteiger partial charge in [0, 0.05) is 5.56 Å². The number of nitrogens with one attached hydrogen (secondary N) is 1. The number of hydrogen-bond donors (Lipinski definition) is 1. The number of benzene rings is 2. The zero-order valence-corrected chi connectivity index (χ0v) is 15.0. The van der Waals surface area contributed by atoms with Crippen LogP contribution in [0.5, 0.6) is 0 Å². The van der Waals surface area contributed by atoms with Crippen molar-refractivity contribution in [3.63, 3.8) is 0 Å². The van der Waals surface area contributed by atoms with E-state index in [1.54, 1.807) is 18.2 Å². The predicted octanol–water partition coefficient (Wildman–Crippen LogP) is 4.76. The highest BCUT2D eigenvalue weighted by Gasteiger charge is 2.21. The van der Waals surface area contributed by atoms with Gasteiger partial charge in [0.1, 0.15) is 0 Å². The second-order valence-electron chi connectivity index (χ2n) is 6.20. The van der Waals surface area contributed by atoms with Crippen LogP contribution in [0, 0.1) is 0 Å². The number of sulfonamides is 1. The number of Topliss-reactive ketones (excluding diaryl/α,β-unsaturated/α-hetero) is 1. The second kappa shape index (κ2) is 7.23. The molecule has 1 aliphatic rings. The summed E-state index contributed by atoms with van der Waals surface area (Å²) in [6.45, 7) is 1.44. The first kappa shape index (κ1) is 17.4. The number of carbonyl (C=O) groups is 1. The lowest BCUT2D eigenvalue weighted by Crippen LogP contribution is -2.18. The lowest BCUT2D eigenvalue weighted by molar-refractivity contribution is 0.101. The van der Waals surface area contributed by atoms with E-state index in [4.69, 9.17) is 0 Å². The third-order valence-corrected chi connectivity index (χ3v) is 5.89. The van der Waals surface area contributed by atoms with Crippen LogP contribution < -0.4 is 4.72 Å². The molecule has 0 heterocycles. The molecule has 0 saturated heterocycles. The van der Waals surface area contributed by atoms with Crippen LogP contribution in [0.1, 0.15) is 43.0 Å². The SMILES string of the molecule is CC(=O)c1ccc(-c2ccccc2)cc1NS(=O)(=O)C1=CCCCC1. The largest absolute Gasteiger partial charge is 0.294 e. The summed E-state index contributed by atoms with van der Waals surface area (Å²) in [4.78, 5) is 12.3. The van der Waals surface area contributed by atoms with Crippen molar-refractivity contribution in [3.05, 3.63) is 65.1 Å². The van der Waals surface area contributed by atoms with E-state index < -0.39 is 10.0 Å². The van der Waals surface area contributed by atoms with Crippen molar-refractivity contribution in [1.82, 2.24) is 0 Å². The van der Waals surface area contributed by atoms with Gasteiger partial charge in [-0.25, -0.2) is 8.42 Å². The summed E-state index contributed by atoms with van der Waals surface area (Å²) >= 11 is 0. The molecule has 0 spiro atoms. The Bertz CT molecular complexity index is 915. The molecule has 0 saturated carbocycles. The van der Waals surface area contributed by atoms with Gasteiger partial charge in [0.05, 0.1) is 10.6 Å². The van der Waals surface area contributed by atoms with E-state index in [-0.39, 0.29) is 5.78 Å². The average Bonchev–Trinajstić information content (AvgIpc) is 2.62. The molecule has 1 aliphatic carbocycles. The Morgan fingerprint density at radius 2 is 1.76 bits per heavy atom. The van der Waals surface area contributed by atoms with Gasteiger partial charge in [0.2, 0.25) is 0 Å². The number of hydrogen-bond acceptors (Lipinski definition) is 3. The molecule has 0 atom stereocenters. The van der Waals surface area contributed by atoms with Crippen molar-refractivity contribution in [1.29, 1.82) is 0 Å². The molecule has 130 valence electrons. The van der Waals surface area contributed by atoms with Crippen molar-refractivity contribution >= 4 is 21.5 Å². The van der Waals surface area contributed by atoms with Gasteiger partial charge < -0.3 is 0 Å². The third-order valence-electron chi connectivity index (χ3n) is 4.34. The average molecular weight is 355 g/mol. The van der Waals surface area contributed by atoms with Crippen LogP contribution in [-0.2, 0) is 10.0 Å². The van der Waals surface area contributed by atoms with Gasteiger partial charge in [-0.2, -0.15) is 0 Å². The Hall–Kier alpha value is -2.40. The normalized spacial score (nSPS) is 14.7. The predicted molar refractivity (Wildman–Crippen MR) is 101 cm³/mol. The molecule has 0 amide bonds. The summed E-state index contributed by atoms with van der Waals surface area (Å²) in [6, 6.07) is 14.9. The molecule has 5 heteroatoms. The molecule has 0 radical (unpaired) electrons. The quantitative estimate of drug-likeness (QED) is 0.787. The van der Waals surface area contributed by atoms with E-state index in [2.05, 4.69) is 4.72 Å². The van der Waals surface area contributed by atoms with Crippen LogP contribution in [0.3, 0.4) is 0 Å². The summed E-state index contributed by atoms with van der Waals surface area (Å²) in [6.07, 6.45) is 4.99. The van der Waals surface area contributed by atoms with E-state index in [0.717, 1.165) is 30.4 Å². The van der Waals surface area contributed by atoms with Gasteiger partial charge in [0.15, 0.2) is 5.78 Å². The highest BCUT2D eigenvalue weighted by atomic mass is 32.2. The van der Waals surface area contributed by atoms with Gasteiger partial charge in [-0.3, -0.25) is 9.52 Å². The fourth-order valence-electron chi connectivity index (χ4n) is 3.01. The number of ketones is 1. The van der Waals surface area contributed by atoms with Gasteiger partial charge in [0.25, 0.3) is 10.0 Å². The zero-order chi connectivity index (χ0) is 17.9. The van der Waals surface area contributed by atoms with Crippen LogP contribution in [0.15, 0.2) is 59.5 Å². The summed E-state index contributed by atoms with van der Waals surface area (Å²) in [5.41, 5.74) is 2.54. The zero-order valence-electron chi connectivity index (χ0n) is 14.2. The fourth-order valence-corrected chi connectivity index (χ4v) is 4.35. The maximum Gasteiger partial charge on any atom is 0.257 e. The van der Waals surface area contributed by atoms with Crippen LogP contribution in [0.25, 0.3) is 11.1 Å². The van der Waals surface area contributed by atoms with Gasteiger partial charge in [-0.1, -0.05) is 42.5 Å². The van der Waals surface area contributed by atoms with E-state index in [1.807, 2.05) is 36.4 Å². The molecular weight excluding hydrogens is 334 g/mol. The smallest absolute Gasteiger partial charge is 0.257 e. The van der Waals surface area contributed by atoms with Crippen LogP contribution in [0.2, 0.25) is 0 Å². The minimum absolute atomic E-state index is 0.171. The number of carbonyl (C=O) groups excluding carboxylic acids is 1. The van der Waals surface area contributed by atoms with Crippen molar-refractivity contribution in [2.45, 2.75) is 32.6 Å². The van der Waals surface area contributed by atoms with E-state index in [9.17, 15) is 13.2 Å². The highest BCUT2D eigenvalue weighted by Crippen LogP contribution is 2.29. The summed E-state index contributed by atoms with van der Waals surface area (Å²) in [7, 11) is -3.63. The first-order valence-electron chi connectivity index (χ1n) is 8.39. The van der Waals surface area contributed by atoms with Crippen molar-refractivity contribution in [2.24, 2.45) is 0 Å². The Labute approximate surface area is 148 Å². The Morgan fingerprint density at radius 1 is 1.00 bits per heavy atom. The molecule has 2 aromatic carbocycles. The molecule has 0 fully saturated rings. The molecule has 0 bridgehead atoms. The minimum Gasteiger partial charge on any atom is -0.294 e. The number of anilines is 1. The molecule has 25 heavy (non-hydrogen) atoms. The topological polar surface area (TPSA) is 63.2 Å². The van der Waals surface area contributed by atoms with Crippen LogP contribution in [0.4, 0.5) is 5.69 Å². The molecular formula is C20H21NO3S. The lowest BCUT2D eigenvalue weighted by Gasteiger charge is -2.17. The molecule has 2 aromatic rings. The van der Waals surface area contributed by atoms with Gasteiger partial charge in [-0.15, -0.1) is 0 Å². The van der Waals surface area contributed by atoms with E-state index in [1.165, 1.54) is 6.92 Å². The molecule has 4 nitrogen and oxygen atoms in total. The first-order valence-corrected chi connectivity index (χ1v) is 9.88. The molecule has 0 aliphatic heterocycles. The standard InChI is InChI=1S/C20H21NO3S/c1-15(22)19-13-12-17(16-8-4-2-5-9-16)14-20(19)21-25(23,24)18-10-6-3-7-11-18/h2,4-5,8-10,12-14,21H,3,6-7,11H2,1H3. The minimum atomic E-state index is -3.63. The van der Waals surface area contributed by atoms with Gasteiger partial charge in [-0.05, 0) is 55.9 Å². The lowest BCUT2D eigenvalue weighted by atomic mass is 10.0. The number of allylic oxidation sites excluding steroid dienone is 2. The Kier molecular flexibility index (Phi) is 5.04. The maximum atomic E-state index is 12.7.